The van der Waals surface area contributed by atoms with Crippen LogP contribution in [-0.4, -0.2) is 48.3 Å². The molecule has 2 N–H and O–H groups in total. The van der Waals surface area contributed by atoms with Gasteiger partial charge in [-0.15, -0.1) is 0 Å². The van der Waals surface area contributed by atoms with Crippen molar-refractivity contribution >= 4 is 23.6 Å². The summed E-state index contributed by atoms with van der Waals surface area (Å²) in [7, 11) is 0. The molecule has 2 amide bonds. The number of cyclic esters (lactones) is 1. The molecule has 174 valence electrons. The molecule has 2 fully saturated rings. The fourth-order valence-corrected chi connectivity index (χ4v) is 5.33. The quantitative estimate of drug-likeness (QED) is 0.734. The van der Waals surface area contributed by atoms with Crippen molar-refractivity contribution in [3.63, 3.8) is 0 Å². The number of rotatable bonds is 4. The third kappa shape index (κ3) is 3.56. The molecule has 3 heterocycles. The van der Waals surface area contributed by atoms with Gasteiger partial charge in [0.15, 0.2) is 18.2 Å². The first-order valence-corrected chi connectivity index (χ1v) is 11.3. The van der Waals surface area contributed by atoms with Crippen molar-refractivity contribution < 1.29 is 23.3 Å². The molecule has 1 saturated heterocycles. The summed E-state index contributed by atoms with van der Waals surface area (Å²) in [5.41, 5.74) is 3.22. The van der Waals surface area contributed by atoms with Gasteiger partial charge in [-0.05, 0) is 55.0 Å². The van der Waals surface area contributed by atoms with Crippen LogP contribution in [0.15, 0.2) is 30.3 Å². The van der Waals surface area contributed by atoms with E-state index >= 15 is 0 Å². The van der Waals surface area contributed by atoms with Gasteiger partial charge in [-0.3, -0.25) is 9.69 Å². The predicted octanol–water partition coefficient (Wildman–Crippen LogP) is 2.88. The Morgan fingerprint density at radius 3 is 2.91 bits per heavy atom. The van der Waals surface area contributed by atoms with E-state index in [2.05, 4.69) is 27.8 Å². The summed E-state index contributed by atoms with van der Waals surface area (Å²) in [6, 6.07) is 12.4. The van der Waals surface area contributed by atoms with E-state index in [-0.39, 0.29) is 22.9 Å². The SMILES string of the molecule is N#Cc1cccc2c1CC(NC1CC(C3CN(c4ccc5c(n4)NC(=O)CO5)C(=O)O3)C1)C2.[HH].[HH].[HH]. The molecule has 1 saturated carbocycles. The molecule has 9 heteroatoms. The minimum atomic E-state index is -0.415. The first-order valence-electron chi connectivity index (χ1n) is 11.3. The predicted molar refractivity (Wildman–Crippen MR) is 124 cm³/mol. The summed E-state index contributed by atoms with van der Waals surface area (Å²) in [5.74, 6) is 1.29. The van der Waals surface area contributed by atoms with E-state index in [1.807, 2.05) is 12.1 Å². The summed E-state index contributed by atoms with van der Waals surface area (Å²) in [4.78, 5) is 30.0. The van der Waals surface area contributed by atoms with Crippen LogP contribution in [0.2, 0.25) is 0 Å². The Bertz CT molecular complexity index is 1200. The van der Waals surface area contributed by atoms with E-state index in [9.17, 15) is 14.9 Å². The Hall–Kier alpha value is -3.64. The lowest BCUT2D eigenvalue weighted by molar-refractivity contribution is -0.118. The molecule has 2 atom stereocenters. The van der Waals surface area contributed by atoms with Gasteiger partial charge in [0.05, 0.1) is 18.2 Å². The molecular weight excluding hydrogens is 422 g/mol. The number of carbonyl (C=O) groups is 2. The normalized spacial score (nSPS) is 27.5. The number of fused-ring (bicyclic) bond motifs is 2. The van der Waals surface area contributed by atoms with Crippen LogP contribution in [-0.2, 0) is 22.4 Å². The van der Waals surface area contributed by atoms with Crippen molar-refractivity contribution in [2.24, 2.45) is 5.92 Å². The Balaban J connectivity index is 0.00000120. The van der Waals surface area contributed by atoms with Crippen LogP contribution in [0.5, 0.6) is 5.75 Å². The van der Waals surface area contributed by atoms with Crippen molar-refractivity contribution in [2.75, 3.05) is 23.4 Å². The van der Waals surface area contributed by atoms with Crippen LogP contribution in [0.4, 0.5) is 16.4 Å². The molecule has 4 aliphatic rings. The Morgan fingerprint density at radius 1 is 1.18 bits per heavy atom. The number of ether oxygens (including phenoxy) is 2. The minimum Gasteiger partial charge on any atom is -0.480 e. The van der Waals surface area contributed by atoms with E-state index in [1.54, 1.807) is 12.1 Å². The maximum atomic E-state index is 12.5. The standard InChI is InChI=1S/C24H23N5O4.3H2/c25-10-14-3-1-2-13-6-17(9-18(13)14)26-16-7-15(8-16)20-11-29(24(31)33-20)21-5-4-19-23(27-21)28-22(30)12-32-19;;;/h1-5,15-17,20,26H,6-9,11-12H2,(H,27,28,30);3*1H. The van der Waals surface area contributed by atoms with Gasteiger partial charge in [0.1, 0.15) is 11.9 Å². The second kappa shape index (κ2) is 7.74. The molecule has 2 aliphatic carbocycles. The number of anilines is 2. The number of nitrogens with one attached hydrogen (secondary N) is 2. The monoisotopic (exact) mass is 451 g/mol. The number of hydrogen-bond acceptors (Lipinski definition) is 7. The Labute approximate surface area is 195 Å². The molecule has 1 aromatic carbocycles. The smallest absolute Gasteiger partial charge is 0.415 e. The number of nitrogens with zero attached hydrogens (tertiary/aromatic N) is 3. The third-order valence-electron chi connectivity index (χ3n) is 7.05. The van der Waals surface area contributed by atoms with Crippen molar-refractivity contribution in [3.05, 3.63) is 47.0 Å². The van der Waals surface area contributed by atoms with E-state index in [0.29, 0.717) is 41.9 Å². The molecule has 2 aromatic rings. The number of benzene rings is 1. The lowest BCUT2D eigenvalue weighted by Gasteiger charge is -2.39. The number of nitriles is 1. The van der Waals surface area contributed by atoms with Gasteiger partial charge >= 0.3 is 6.09 Å². The second-order valence-electron chi connectivity index (χ2n) is 9.14. The zero-order chi connectivity index (χ0) is 22.5. The summed E-state index contributed by atoms with van der Waals surface area (Å²) >= 11 is 0. The first-order chi connectivity index (χ1) is 16.1. The number of aromatic nitrogens is 1. The van der Waals surface area contributed by atoms with Crippen LogP contribution in [0.3, 0.4) is 0 Å². The third-order valence-corrected chi connectivity index (χ3v) is 7.05. The summed E-state index contributed by atoms with van der Waals surface area (Å²) < 4.78 is 11.0. The molecule has 2 unspecified atom stereocenters. The molecule has 1 aromatic heterocycles. The fraction of sp³-hybridized carbons (Fsp3) is 0.417. The van der Waals surface area contributed by atoms with Gasteiger partial charge in [-0.1, -0.05) is 12.1 Å². The second-order valence-corrected chi connectivity index (χ2v) is 9.14. The van der Waals surface area contributed by atoms with Gasteiger partial charge in [0.25, 0.3) is 5.91 Å². The first kappa shape index (κ1) is 20.0. The van der Waals surface area contributed by atoms with E-state index in [1.165, 1.54) is 16.0 Å². The van der Waals surface area contributed by atoms with Crippen molar-refractivity contribution in [3.8, 4) is 11.8 Å². The highest BCUT2D eigenvalue weighted by Gasteiger charge is 2.44. The molecule has 0 bridgehead atoms. The fourth-order valence-electron chi connectivity index (χ4n) is 5.33. The number of pyridine rings is 1. The lowest BCUT2D eigenvalue weighted by atomic mass is 9.76. The zero-order valence-electron chi connectivity index (χ0n) is 17.9. The highest BCUT2D eigenvalue weighted by atomic mass is 16.6. The van der Waals surface area contributed by atoms with Crippen LogP contribution in [0.1, 0.15) is 33.8 Å². The number of amides is 2. The number of hydrogen-bond donors (Lipinski definition) is 2. The Kier molecular flexibility index (Phi) is 4.69. The topological polar surface area (TPSA) is 117 Å². The molecular formula is C24H29N5O4. The van der Waals surface area contributed by atoms with Crippen molar-refractivity contribution in [1.82, 2.24) is 10.3 Å². The average molecular weight is 452 g/mol. The molecule has 9 nitrogen and oxygen atoms in total. The van der Waals surface area contributed by atoms with Gasteiger partial charge in [0.2, 0.25) is 0 Å². The molecule has 33 heavy (non-hydrogen) atoms. The van der Waals surface area contributed by atoms with Gasteiger partial charge in [-0.2, -0.15) is 5.26 Å². The van der Waals surface area contributed by atoms with Crippen molar-refractivity contribution in [1.29, 1.82) is 5.26 Å². The van der Waals surface area contributed by atoms with Crippen LogP contribution >= 0.6 is 0 Å². The van der Waals surface area contributed by atoms with Crippen molar-refractivity contribution in [2.45, 2.75) is 43.9 Å². The maximum absolute atomic E-state index is 12.5. The van der Waals surface area contributed by atoms with Gasteiger partial charge in [-0.25, -0.2) is 9.78 Å². The van der Waals surface area contributed by atoms with Gasteiger partial charge in [0, 0.05) is 22.3 Å². The molecule has 0 spiro atoms. The lowest BCUT2D eigenvalue weighted by Crippen LogP contribution is -2.50. The van der Waals surface area contributed by atoms with Crippen LogP contribution in [0.25, 0.3) is 0 Å². The maximum Gasteiger partial charge on any atom is 0.415 e. The zero-order valence-corrected chi connectivity index (χ0v) is 17.9. The van der Waals surface area contributed by atoms with Gasteiger partial charge < -0.3 is 20.1 Å². The minimum absolute atomic E-state index is 0. The largest absolute Gasteiger partial charge is 0.480 e. The molecule has 0 radical (unpaired) electrons. The molecule has 6 rings (SSSR count). The number of carbonyl (C=O) groups excluding carboxylic acids is 2. The summed E-state index contributed by atoms with van der Waals surface area (Å²) in [5, 5.41) is 15.7. The van der Waals surface area contributed by atoms with Crippen LogP contribution < -0.4 is 20.3 Å². The summed E-state index contributed by atoms with van der Waals surface area (Å²) in [6.45, 7) is 0.405. The molecule has 2 aliphatic heterocycles. The highest BCUT2D eigenvalue weighted by Crippen LogP contribution is 2.38. The summed E-state index contributed by atoms with van der Waals surface area (Å²) in [6.07, 6.45) is 3.14. The van der Waals surface area contributed by atoms with E-state index < -0.39 is 6.09 Å². The van der Waals surface area contributed by atoms with E-state index in [0.717, 1.165) is 31.2 Å². The van der Waals surface area contributed by atoms with Crippen LogP contribution in [0, 0.1) is 17.2 Å². The van der Waals surface area contributed by atoms with E-state index in [4.69, 9.17) is 9.47 Å². The Morgan fingerprint density at radius 2 is 2.06 bits per heavy atom. The highest BCUT2D eigenvalue weighted by molar-refractivity contribution is 5.95. The average Bonchev–Trinajstić information content (AvgIpc) is 3.38.